The second-order valence-electron chi connectivity index (χ2n) is 6.31. The number of nitrogens with one attached hydrogen (secondary N) is 2. The molecule has 2 heterocycles. The molecule has 1 aliphatic carbocycles. The Balaban J connectivity index is 0.00000225. The van der Waals surface area contributed by atoms with Crippen LogP contribution in [0.25, 0.3) is 0 Å². The van der Waals surface area contributed by atoms with E-state index >= 15 is 0 Å². The van der Waals surface area contributed by atoms with Crippen LogP contribution in [0.3, 0.4) is 0 Å². The molecule has 0 saturated heterocycles. The minimum Gasteiger partial charge on any atom is -0.469 e. The summed E-state index contributed by atoms with van der Waals surface area (Å²) in [5.74, 6) is 1.89. The average Bonchev–Trinajstić information content (AvgIpc) is 3.31. The third kappa shape index (κ3) is 6.37. The van der Waals surface area contributed by atoms with Crippen LogP contribution in [0, 0.1) is 0 Å². The third-order valence-electron chi connectivity index (χ3n) is 4.50. The Morgan fingerprint density at radius 3 is 2.84 bits per heavy atom. The number of furan rings is 1. The van der Waals surface area contributed by atoms with Crippen LogP contribution < -0.4 is 10.6 Å². The van der Waals surface area contributed by atoms with Crippen molar-refractivity contribution in [2.24, 2.45) is 12.0 Å². The summed E-state index contributed by atoms with van der Waals surface area (Å²) < 4.78 is 7.29. The van der Waals surface area contributed by atoms with E-state index in [2.05, 4.69) is 21.8 Å². The fourth-order valence-electron chi connectivity index (χ4n) is 3.10. The molecule has 2 aromatic rings. The smallest absolute Gasteiger partial charge is 0.191 e. The predicted octanol–water partition coefficient (Wildman–Crippen LogP) is 2.89. The van der Waals surface area contributed by atoms with Gasteiger partial charge in [0.05, 0.1) is 6.26 Å². The van der Waals surface area contributed by atoms with Crippen molar-refractivity contribution >= 4 is 29.9 Å². The zero-order valence-corrected chi connectivity index (χ0v) is 17.1. The van der Waals surface area contributed by atoms with Crippen LogP contribution in [-0.2, 0) is 19.9 Å². The van der Waals surface area contributed by atoms with Crippen molar-refractivity contribution in [1.29, 1.82) is 0 Å². The first-order valence-electron chi connectivity index (χ1n) is 8.85. The molecule has 0 spiro atoms. The van der Waals surface area contributed by atoms with E-state index in [4.69, 9.17) is 9.41 Å². The lowest BCUT2D eigenvalue weighted by Gasteiger charge is -2.17. The van der Waals surface area contributed by atoms with Crippen LogP contribution in [0.4, 0.5) is 0 Å². The van der Waals surface area contributed by atoms with Gasteiger partial charge in [-0.1, -0.05) is 12.8 Å². The Bertz CT molecular complexity index is 632. The maximum absolute atomic E-state index is 5.37. The second kappa shape index (κ2) is 10.5. The highest BCUT2D eigenvalue weighted by atomic mass is 127. The lowest BCUT2D eigenvalue weighted by Crippen LogP contribution is -2.43. The maximum atomic E-state index is 5.37. The van der Waals surface area contributed by atoms with E-state index in [-0.39, 0.29) is 24.0 Å². The molecular formula is C18H28IN5O. The van der Waals surface area contributed by atoms with Crippen LogP contribution in [0.15, 0.2) is 40.1 Å². The van der Waals surface area contributed by atoms with Crippen molar-refractivity contribution < 1.29 is 4.42 Å². The summed E-state index contributed by atoms with van der Waals surface area (Å²) in [5, 5.41) is 11.2. The van der Waals surface area contributed by atoms with Crippen molar-refractivity contribution in [2.75, 3.05) is 13.1 Å². The van der Waals surface area contributed by atoms with Crippen LogP contribution in [-0.4, -0.2) is 34.9 Å². The van der Waals surface area contributed by atoms with E-state index in [0.29, 0.717) is 6.04 Å². The van der Waals surface area contributed by atoms with E-state index in [1.165, 1.54) is 31.4 Å². The molecular weight excluding hydrogens is 429 g/mol. The SMILES string of the molecule is Cn1nccc1CCNC(=NCCc1ccco1)NC1CCCC1.I. The van der Waals surface area contributed by atoms with Gasteiger partial charge in [0.25, 0.3) is 0 Å². The summed E-state index contributed by atoms with van der Waals surface area (Å²) in [7, 11) is 1.98. The standard InChI is InChI=1S/C18H27N5O.HI/c1-23-16(9-13-21-23)8-11-19-18(22-15-5-2-3-6-15)20-12-10-17-7-4-14-24-17;/h4,7,9,13-15H,2-3,5-6,8,10-12H2,1H3,(H2,19,20,22);1H. The van der Waals surface area contributed by atoms with E-state index in [1.54, 1.807) is 6.26 Å². The molecule has 0 radical (unpaired) electrons. The zero-order chi connectivity index (χ0) is 16.6. The van der Waals surface area contributed by atoms with Crippen molar-refractivity contribution in [3.05, 3.63) is 42.1 Å². The third-order valence-corrected chi connectivity index (χ3v) is 4.50. The molecule has 2 aromatic heterocycles. The number of aryl methyl sites for hydroxylation is 1. The van der Waals surface area contributed by atoms with Crippen LogP contribution in [0.1, 0.15) is 37.1 Å². The summed E-state index contributed by atoms with van der Waals surface area (Å²) in [6.45, 7) is 1.57. The summed E-state index contributed by atoms with van der Waals surface area (Å²) in [4.78, 5) is 4.72. The topological polar surface area (TPSA) is 67.4 Å². The molecule has 3 rings (SSSR count). The molecule has 138 valence electrons. The van der Waals surface area contributed by atoms with E-state index in [9.17, 15) is 0 Å². The first-order valence-corrected chi connectivity index (χ1v) is 8.85. The van der Waals surface area contributed by atoms with Gasteiger partial charge >= 0.3 is 0 Å². The molecule has 0 atom stereocenters. The molecule has 0 bridgehead atoms. The normalized spacial score (nSPS) is 15.2. The fourth-order valence-corrected chi connectivity index (χ4v) is 3.10. The second-order valence-corrected chi connectivity index (χ2v) is 6.31. The molecule has 0 aliphatic heterocycles. The first-order chi connectivity index (χ1) is 11.8. The van der Waals surface area contributed by atoms with Gasteiger partial charge in [0.1, 0.15) is 5.76 Å². The number of guanidine groups is 1. The van der Waals surface area contributed by atoms with Crippen molar-refractivity contribution in [1.82, 2.24) is 20.4 Å². The summed E-state index contributed by atoms with van der Waals surface area (Å²) in [5.41, 5.74) is 1.22. The maximum Gasteiger partial charge on any atom is 0.191 e. The van der Waals surface area contributed by atoms with Crippen molar-refractivity contribution in [3.63, 3.8) is 0 Å². The Hall–Kier alpha value is -1.51. The van der Waals surface area contributed by atoms with E-state index in [0.717, 1.165) is 37.7 Å². The molecule has 7 heteroatoms. The van der Waals surface area contributed by atoms with Gasteiger partial charge in [-0.15, -0.1) is 24.0 Å². The lowest BCUT2D eigenvalue weighted by molar-refractivity contribution is 0.510. The molecule has 0 unspecified atom stereocenters. The molecule has 0 aromatic carbocycles. The Morgan fingerprint density at radius 1 is 1.32 bits per heavy atom. The zero-order valence-electron chi connectivity index (χ0n) is 14.8. The highest BCUT2D eigenvalue weighted by Gasteiger charge is 2.16. The van der Waals surface area contributed by atoms with Gasteiger partial charge in [-0.3, -0.25) is 9.67 Å². The molecule has 1 aliphatic rings. The highest BCUT2D eigenvalue weighted by molar-refractivity contribution is 14.0. The van der Waals surface area contributed by atoms with Crippen LogP contribution in [0.2, 0.25) is 0 Å². The fraction of sp³-hybridized carbons (Fsp3) is 0.556. The van der Waals surface area contributed by atoms with Crippen LogP contribution >= 0.6 is 24.0 Å². The van der Waals surface area contributed by atoms with Crippen LogP contribution in [0.5, 0.6) is 0 Å². The number of hydrogen-bond acceptors (Lipinski definition) is 3. The molecule has 0 amide bonds. The summed E-state index contributed by atoms with van der Waals surface area (Å²) >= 11 is 0. The molecule has 25 heavy (non-hydrogen) atoms. The summed E-state index contributed by atoms with van der Waals surface area (Å²) in [6, 6.07) is 6.52. The quantitative estimate of drug-likeness (QED) is 0.381. The van der Waals surface area contributed by atoms with Gasteiger partial charge < -0.3 is 15.1 Å². The van der Waals surface area contributed by atoms with E-state index in [1.807, 2.05) is 30.1 Å². The van der Waals surface area contributed by atoms with Crippen molar-refractivity contribution in [3.8, 4) is 0 Å². The number of aliphatic imine (C=N–C) groups is 1. The molecule has 2 N–H and O–H groups in total. The van der Waals surface area contributed by atoms with Gasteiger partial charge in [0, 0.05) is 50.9 Å². The molecule has 1 saturated carbocycles. The monoisotopic (exact) mass is 457 g/mol. The Kier molecular flexibility index (Phi) is 8.30. The number of aromatic nitrogens is 2. The highest BCUT2D eigenvalue weighted by Crippen LogP contribution is 2.17. The number of nitrogens with zero attached hydrogens (tertiary/aromatic N) is 3. The largest absolute Gasteiger partial charge is 0.469 e. The number of halogens is 1. The van der Waals surface area contributed by atoms with Gasteiger partial charge in [-0.25, -0.2) is 0 Å². The minimum atomic E-state index is 0. The van der Waals surface area contributed by atoms with Gasteiger partial charge in [0.15, 0.2) is 5.96 Å². The Morgan fingerprint density at radius 2 is 2.16 bits per heavy atom. The number of rotatable bonds is 7. The van der Waals surface area contributed by atoms with Gasteiger partial charge in [0.2, 0.25) is 0 Å². The molecule has 6 nitrogen and oxygen atoms in total. The van der Waals surface area contributed by atoms with Crippen molar-refractivity contribution in [2.45, 2.75) is 44.6 Å². The summed E-state index contributed by atoms with van der Waals surface area (Å²) in [6.07, 6.45) is 10.4. The molecule has 1 fully saturated rings. The predicted molar refractivity (Wildman–Crippen MR) is 110 cm³/mol. The minimum absolute atomic E-state index is 0. The average molecular weight is 457 g/mol. The van der Waals surface area contributed by atoms with E-state index < -0.39 is 0 Å². The number of hydrogen-bond donors (Lipinski definition) is 2. The van der Waals surface area contributed by atoms with Gasteiger partial charge in [-0.05, 0) is 31.0 Å². The van der Waals surface area contributed by atoms with Gasteiger partial charge in [-0.2, -0.15) is 5.10 Å². The Labute approximate surface area is 166 Å². The lowest BCUT2D eigenvalue weighted by atomic mass is 10.2. The first kappa shape index (κ1) is 19.8.